The zero-order valence-corrected chi connectivity index (χ0v) is 17.0. The highest BCUT2D eigenvalue weighted by atomic mass is 16.5. The molecule has 2 aliphatic rings. The molecular formula is C24H27NO4. The molecule has 2 atom stereocenters. The van der Waals surface area contributed by atoms with Gasteiger partial charge in [-0.15, -0.1) is 0 Å². The second kappa shape index (κ2) is 7.90. The number of carbonyl (C=O) groups excluding carboxylic acids is 2. The fourth-order valence-electron chi connectivity index (χ4n) is 5.02. The molecule has 1 amide bonds. The Morgan fingerprint density at radius 3 is 2.59 bits per heavy atom. The van der Waals surface area contributed by atoms with E-state index in [2.05, 4.69) is 17.4 Å². The van der Waals surface area contributed by atoms with Crippen LogP contribution < -0.4 is 10.1 Å². The van der Waals surface area contributed by atoms with Crippen molar-refractivity contribution in [1.82, 2.24) is 5.32 Å². The van der Waals surface area contributed by atoms with Gasteiger partial charge < -0.3 is 14.8 Å². The zero-order chi connectivity index (χ0) is 20.4. The second-order valence-electron chi connectivity index (χ2n) is 8.01. The molecule has 0 radical (unpaired) electrons. The van der Waals surface area contributed by atoms with E-state index in [1.807, 2.05) is 30.3 Å². The normalized spacial score (nSPS) is 22.8. The lowest BCUT2D eigenvalue weighted by atomic mass is 9.61. The van der Waals surface area contributed by atoms with E-state index in [4.69, 9.17) is 9.47 Å². The van der Waals surface area contributed by atoms with E-state index in [1.54, 1.807) is 7.11 Å². The third kappa shape index (κ3) is 3.50. The summed E-state index contributed by atoms with van der Waals surface area (Å²) in [7, 11) is 3.06. The van der Waals surface area contributed by atoms with Crippen molar-refractivity contribution in [1.29, 1.82) is 0 Å². The van der Waals surface area contributed by atoms with Crippen LogP contribution in [-0.2, 0) is 22.4 Å². The average molecular weight is 393 g/mol. The molecule has 29 heavy (non-hydrogen) atoms. The van der Waals surface area contributed by atoms with Crippen molar-refractivity contribution in [3.8, 4) is 5.75 Å². The maximum Gasteiger partial charge on any atom is 0.337 e. The summed E-state index contributed by atoms with van der Waals surface area (Å²) >= 11 is 0. The minimum absolute atomic E-state index is 0.0838. The molecular weight excluding hydrogens is 366 g/mol. The predicted molar refractivity (Wildman–Crippen MR) is 110 cm³/mol. The lowest BCUT2D eigenvalue weighted by Crippen LogP contribution is -2.40. The SMILES string of the molecule is COC(=O)c1ccc2c(c1)C(CCc1ccc(OC)cc1)[C@]1(CCNC1=O)CC2. The molecule has 1 spiro atoms. The van der Waals surface area contributed by atoms with Crippen molar-refractivity contribution in [2.45, 2.75) is 38.0 Å². The first-order chi connectivity index (χ1) is 14.1. The first kappa shape index (κ1) is 19.5. The minimum Gasteiger partial charge on any atom is -0.497 e. The van der Waals surface area contributed by atoms with Gasteiger partial charge in [0.05, 0.1) is 25.2 Å². The fraction of sp³-hybridized carbons (Fsp3) is 0.417. The molecule has 0 saturated carbocycles. The maximum atomic E-state index is 12.9. The molecule has 2 aromatic rings. The largest absolute Gasteiger partial charge is 0.497 e. The molecule has 152 valence electrons. The van der Waals surface area contributed by atoms with Gasteiger partial charge in [0.25, 0.3) is 0 Å². The number of fused-ring (bicyclic) bond motifs is 1. The number of methoxy groups -OCH3 is 2. The first-order valence-corrected chi connectivity index (χ1v) is 10.2. The number of benzene rings is 2. The molecule has 1 aliphatic carbocycles. The van der Waals surface area contributed by atoms with Gasteiger partial charge in [0.1, 0.15) is 5.75 Å². The molecule has 5 heteroatoms. The quantitative estimate of drug-likeness (QED) is 0.788. The van der Waals surface area contributed by atoms with Gasteiger partial charge >= 0.3 is 5.97 Å². The molecule has 1 saturated heterocycles. The van der Waals surface area contributed by atoms with Gasteiger partial charge in [-0.2, -0.15) is 0 Å². The number of nitrogens with one attached hydrogen (secondary N) is 1. The predicted octanol–water partition coefficient (Wildman–Crippen LogP) is 3.65. The van der Waals surface area contributed by atoms with Crippen LogP contribution in [0.4, 0.5) is 0 Å². The fourth-order valence-corrected chi connectivity index (χ4v) is 5.02. The molecule has 1 aliphatic heterocycles. The molecule has 5 nitrogen and oxygen atoms in total. The van der Waals surface area contributed by atoms with Crippen molar-refractivity contribution in [2.24, 2.45) is 5.41 Å². The van der Waals surface area contributed by atoms with E-state index in [9.17, 15) is 9.59 Å². The van der Waals surface area contributed by atoms with E-state index in [1.165, 1.54) is 18.2 Å². The molecule has 2 aromatic carbocycles. The highest BCUT2D eigenvalue weighted by molar-refractivity contribution is 5.90. The number of ether oxygens (including phenoxy) is 2. The standard InChI is InChI=1S/C24H27NO4/c1-28-19-8-3-16(4-9-19)5-10-21-20-15-18(22(26)29-2)7-6-17(20)11-12-24(21)13-14-25-23(24)27/h3-4,6-9,15,21H,5,10-14H2,1-2H3,(H,25,27)/t21?,24-/m1/s1. The summed E-state index contributed by atoms with van der Waals surface area (Å²) < 4.78 is 10.2. The highest BCUT2D eigenvalue weighted by Crippen LogP contribution is 2.52. The maximum absolute atomic E-state index is 12.9. The average Bonchev–Trinajstić information content (AvgIpc) is 3.13. The second-order valence-corrected chi connectivity index (χ2v) is 8.01. The topological polar surface area (TPSA) is 64.6 Å². The minimum atomic E-state index is -0.381. The summed E-state index contributed by atoms with van der Waals surface area (Å²) in [6, 6.07) is 13.9. The van der Waals surface area contributed by atoms with Gasteiger partial charge in [0.2, 0.25) is 5.91 Å². The zero-order valence-electron chi connectivity index (χ0n) is 17.0. The van der Waals surface area contributed by atoms with Crippen molar-refractivity contribution in [3.05, 3.63) is 64.7 Å². The van der Waals surface area contributed by atoms with E-state index < -0.39 is 0 Å². The molecule has 0 aromatic heterocycles. The lowest BCUT2D eigenvalue weighted by molar-refractivity contribution is -0.129. The van der Waals surface area contributed by atoms with E-state index in [0.29, 0.717) is 5.56 Å². The summed E-state index contributed by atoms with van der Waals surface area (Å²) in [5.74, 6) is 0.745. The number of esters is 1. The third-order valence-corrected chi connectivity index (χ3v) is 6.64. The summed E-state index contributed by atoms with van der Waals surface area (Å²) in [5, 5.41) is 3.06. The monoisotopic (exact) mass is 393 g/mol. The van der Waals surface area contributed by atoms with Crippen molar-refractivity contribution < 1.29 is 19.1 Å². The van der Waals surface area contributed by atoms with Crippen LogP contribution in [0.3, 0.4) is 0 Å². The summed E-state index contributed by atoms with van der Waals surface area (Å²) in [6.45, 7) is 0.726. The molecule has 1 N–H and O–H groups in total. The summed E-state index contributed by atoms with van der Waals surface area (Å²) in [4.78, 5) is 25.0. The Bertz CT molecular complexity index is 921. The number of aryl methyl sites for hydroxylation is 2. The van der Waals surface area contributed by atoms with Crippen molar-refractivity contribution in [3.63, 3.8) is 0 Å². The smallest absolute Gasteiger partial charge is 0.337 e. The van der Waals surface area contributed by atoms with Crippen LogP contribution in [-0.4, -0.2) is 32.6 Å². The Kier molecular flexibility index (Phi) is 5.31. The van der Waals surface area contributed by atoms with Gasteiger partial charge in [0, 0.05) is 6.54 Å². The first-order valence-electron chi connectivity index (χ1n) is 10.2. The third-order valence-electron chi connectivity index (χ3n) is 6.64. The Morgan fingerprint density at radius 2 is 1.93 bits per heavy atom. The number of rotatable bonds is 5. The Labute approximate surface area is 171 Å². The number of hydrogen-bond donors (Lipinski definition) is 1. The van der Waals surface area contributed by atoms with Crippen molar-refractivity contribution >= 4 is 11.9 Å². The Balaban J connectivity index is 1.68. The lowest BCUT2D eigenvalue weighted by Gasteiger charge is -2.41. The van der Waals surface area contributed by atoms with Crippen LogP contribution in [0.2, 0.25) is 0 Å². The van der Waals surface area contributed by atoms with E-state index in [-0.39, 0.29) is 23.2 Å². The molecule has 4 rings (SSSR count). The van der Waals surface area contributed by atoms with Crippen LogP contribution in [0, 0.1) is 5.41 Å². The number of amides is 1. The van der Waals surface area contributed by atoms with Crippen LogP contribution in [0.25, 0.3) is 0 Å². The van der Waals surface area contributed by atoms with Gasteiger partial charge in [-0.1, -0.05) is 18.2 Å². The van der Waals surface area contributed by atoms with Gasteiger partial charge in [0.15, 0.2) is 0 Å². The molecule has 0 bridgehead atoms. The number of carbonyl (C=O) groups is 2. The Hall–Kier alpha value is -2.82. The molecule has 1 fully saturated rings. The molecule has 1 heterocycles. The highest BCUT2D eigenvalue weighted by Gasteiger charge is 2.51. The van der Waals surface area contributed by atoms with Crippen molar-refractivity contribution in [2.75, 3.05) is 20.8 Å². The summed E-state index contributed by atoms with van der Waals surface area (Å²) in [5.41, 5.74) is 3.76. The van der Waals surface area contributed by atoms with E-state index >= 15 is 0 Å². The van der Waals surface area contributed by atoms with Gasteiger partial charge in [-0.3, -0.25) is 4.79 Å². The van der Waals surface area contributed by atoms with Crippen LogP contribution >= 0.6 is 0 Å². The van der Waals surface area contributed by atoms with Gasteiger partial charge in [-0.05, 0) is 79.0 Å². The number of hydrogen-bond acceptors (Lipinski definition) is 4. The van der Waals surface area contributed by atoms with E-state index in [0.717, 1.165) is 50.0 Å². The van der Waals surface area contributed by atoms with Crippen LogP contribution in [0.5, 0.6) is 5.75 Å². The van der Waals surface area contributed by atoms with Gasteiger partial charge in [-0.25, -0.2) is 4.79 Å². The summed E-state index contributed by atoms with van der Waals surface area (Å²) in [6.07, 6.45) is 4.30. The van der Waals surface area contributed by atoms with Crippen LogP contribution in [0.1, 0.15) is 52.2 Å². The Morgan fingerprint density at radius 1 is 1.14 bits per heavy atom. The molecule has 1 unspecified atom stereocenters. The van der Waals surface area contributed by atoms with Crippen LogP contribution in [0.15, 0.2) is 42.5 Å².